The monoisotopic (exact) mass is 311 g/mol. The fraction of sp³-hybridized carbons (Fsp3) is 0.333. The van der Waals surface area contributed by atoms with E-state index in [1.165, 1.54) is 37.7 Å². The zero-order valence-corrected chi connectivity index (χ0v) is 13.1. The van der Waals surface area contributed by atoms with Gasteiger partial charge in [0.05, 0.1) is 11.9 Å². The lowest BCUT2D eigenvalue weighted by Gasteiger charge is -2.21. The van der Waals surface area contributed by atoms with E-state index in [0.717, 1.165) is 22.8 Å². The standard InChI is InChI=1S/C18H18ClN3/c19-17-10-11-18-20-16(12-22(18)21-17)15-8-6-14(7-9-15)13-4-2-1-3-5-13/h6-13H,1-5H2. The molecule has 1 saturated carbocycles. The number of aromatic nitrogens is 3. The summed E-state index contributed by atoms with van der Waals surface area (Å²) in [6.07, 6.45) is 8.71. The Labute approximate surface area is 135 Å². The third-order valence-electron chi connectivity index (χ3n) is 4.57. The van der Waals surface area contributed by atoms with E-state index in [-0.39, 0.29) is 0 Å². The van der Waals surface area contributed by atoms with Crippen molar-refractivity contribution in [1.82, 2.24) is 14.6 Å². The Balaban J connectivity index is 1.63. The van der Waals surface area contributed by atoms with Gasteiger partial charge in [-0.3, -0.25) is 0 Å². The van der Waals surface area contributed by atoms with Crippen molar-refractivity contribution in [3.8, 4) is 11.3 Å². The van der Waals surface area contributed by atoms with Crippen LogP contribution in [0.1, 0.15) is 43.6 Å². The lowest BCUT2D eigenvalue weighted by molar-refractivity contribution is 0.443. The van der Waals surface area contributed by atoms with Gasteiger partial charge in [-0.1, -0.05) is 55.1 Å². The summed E-state index contributed by atoms with van der Waals surface area (Å²) in [5, 5.41) is 4.71. The smallest absolute Gasteiger partial charge is 0.154 e. The van der Waals surface area contributed by atoms with Crippen LogP contribution in [0.15, 0.2) is 42.6 Å². The van der Waals surface area contributed by atoms with Crippen molar-refractivity contribution in [2.75, 3.05) is 0 Å². The quantitative estimate of drug-likeness (QED) is 0.659. The second-order valence-electron chi connectivity index (χ2n) is 6.04. The molecule has 22 heavy (non-hydrogen) atoms. The molecule has 1 fully saturated rings. The molecule has 0 unspecified atom stereocenters. The summed E-state index contributed by atoms with van der Waals surface area (Å²) in [7, 11) is 0. The van der Waals surface area contributed by atoms with E-state index in [1.54, 1.807) is 10.6 Å². The molecule has 0 spiro atoms. The highest BCUT2D eigenvalue weighted by Crippen LogP contribution is 2.33. The Bertz CT molecular complexity index is 786. The minimum absolute atomic E-state index is 0.476. The molecule has 0 N–H and O–H groups in total. The summed E-state index contributed by atoms with van der Waals surface area (Å²) in [6.45, 7) is 0. The second-order valence-corrected chi connectivity index (χ2v) is 6.43. The third-order valence-corrected chi connectivity index (χ3v) is 4.77. The second kappa shape index (κ2) is 5.73. The number of halogens is 1. The van der Waals surface area contributed by atoms with Crippen LogP contribution < -0.4 is 0 Å². The number of benzene rings is 1. The van der Waals surface area contributed by atoms with Crippen LogP contribution in [-0.4, -0.2) is 14.6 Å². The number of fused-ring (bicyclic) bond motifs is 1. The molecular formula is C18H18ClN3. The fourth-order valence-electron chi connectivity index (χ4n) is 3.36. The van der Waals surface area contributed by atoms with Crippen LogP contribution in [0.25, 0.3) is 16.9 Å². The third kappa shape index (κ3) is 2.61. The molecule has 1 aliphatic carbocycles. The summed E-state index contributed by atoms with van der Waals surface area (Å²) in [5.41, 5.74) is 4.34. The molecule has 0 radical (unpaired) electrons. The maximum Gasteiger partial charge on any atom is 0.154 e. The lowest BCUT2D eigenvalue weighted by atomic mass is 9.84. The molecule has 0 atom stereocenters. The van der Waals surface area contributed by atoms with Gasteiger partial charge in [0.15, 0.2) is 5.65 Å². The van der Waals surface area contributed by atoms with Gasteiger partial charge in [-0.05, 0) is 36.5 Å². The summed E-state index contributed by atoms with van der Waals surface area (Å²) in [5.74, 6) is 0.740. The SMILES string of the molecule is Clc1ccc2nc(-c3ccc(C4CCCCC4)cc3)cn2n1. The number of imidazole rings is 1. The number of hydrogen-bond acceptors (Lipinski definition) is 2. The van der Waals surface area contributed by atoms with E-state index >= 15 is 0 Å². The van der Waals surface area contributed by atoms with E-state index in [9.17, 15) is 0 Å². The Hall–Kier alpha value is -1.87. The predicted octanol–water partition coefficient (Wildman–Crippen LogP) is 5.10. The van der Waals surface area contributed by atoms with Crippen molar-refractivity contribution < 1.29 is 0 Å². The highest BCUT2D eigenvalue weighted by Gasteiger charge is 2.15. The molecule has 1 aromatic carbocycles. The van der Waals surface area contributed by atoms with Crippen molar-refractivity contribution in [3.05, 3.63) is 53.3 Å². The summed E-state index contributed by atoms with van der Waals surface area (Å²) in [4.78, 5) is 4.61. The minimum Gasteiger partial charge on any atom is -0.227 e. The van der Waals surface area contributed by atoms with Crippen LogP contribution in [-0.2, 0) is 0 Å². The predicted molar refractivity (Wildman–Crippen MR) is 89.3 cm³/mol. The Kier molecular flexibility index (Phi) is 3.59. The molecule has 4 rings (SSSR count). The first kappa shape index (κ1) is 13.8. The fourth-order valence-corrected chi connectivity index (χ4v) is 3.50. The van der Waals surface area contributed by atoms with E-state index < -0.39 is 0 Å². The van der Waals surface area contributed by atoms with Crippen molar-refractivity contribution in [3.63, 3.8) is 0 Å². The van der Waals surface area contributed by atoms with E-state index in [1.807, 2.05) is 12.3 Å². The molecule has 2 aromatic heterocycles. The lowest BCUT2D eigenvalue weighted by Crippen LogP contribution is -2.04. The highest BCUT2D eigenvalue weighted by atomic mass is 35.5. The van der Waals surface area contributed by atoms with Gasteiger partial charge in [-0.25, -0.2) is 9.50 Å². The first-order valence-corrected chi connectivity index (χ1v) is 8.30. The van der Waals surface area contributed by atoms with Crippen LogP contribution in [0.4, 0.5) is 0 Å². The molecule has 3 aromatic rings. The van der Waals surface area contributed by atoms with Crippen LogP contribution in [0.5, 0.6) is 0 Å². The average Bonchev–Trinajstić information content (AvgIpc) is 2.99. The Morgan fingerprint density at radius 1 is 0.955 bits per heavy atom. The molecule has 112 valence electrons. The van der Waals surface area contributed by atoms with Crippen molar-refractivity contribution in [1.29, 1.82) is 0 Å². The van der Waals surface area contributed by atoms with Gasteiger partial charge >= 0.3 is 0 Å². The summed E-state index contributed by atoms with van der Waals surface area (Å²) >= 11 is 5.92. The zero-order valence-electron chi connectivity index (χ0n) is 12.4. The van der Waals surface area contributed by atoms with Crippen LogP contribution in [0, 0.1) is 0 Å². The van der Waals surface area contributed by atoms with Crippen molar-refractivity contribution >= 4 is 17.2 Å². The van der Waals surface area contributed by atoms with Gasteiger partial charge in [0.25, 0.3) is 0 Å². The molecule has 0 aliphatic heterocycles. The minimum atomic E-state index is 0.476. The van der Waals surface area contributed by atoms with Crippen LogP contribution >= 0.6 is 11.6 Å². The first-order valence-electron chi connectivity index (χ1n) is 7.92. The molecule has 4 heteroatoms. The van der Waals surface area contributed by atoms with Crippen LogP contribution in [0.3, 0.4) is 0 Å². The number of rotatable bonds is 2. The highest BCUT2D eigenvalue weighted by molar-refractivity contribution is 6.29. The molecule has 0 saturated heterocycles. The molecule has 0 bridgehead atoms. The maximum absolute atomic E-state index is 5.92. The molecule has 0 amide bonds. The Morgan fingerprint density at radius 2 is 1.73 bits per heavy atom. The maximum atomic E-state index is 5.92. The van der Waals surface area contributed by atoms with Crippen molar-refractivity contribution in [2.45, 2.75) is 38.0 Å². The average molecular weight is 312 g/mol. The van der Waals surface area contributed by atoms with E-state index in [0.29, 0.717) is 5.15 Å². The van der Waals surface area contributed by atoms with Gasteiger partial charge in [0.1, 0.15) is 5.15 Å². The summed E-state index contributed by atoms with van der Waals surface area (Å²) in [6, 6.07) is 12.5. The van der Waals surface area contributed by atoms with Crippen LogP contribution in [0.2, 0.25) is 5.15 Å². The number of hydrogen-bond donors (Lipinski definition) is 0. The topological polar surface area (TPSA) is 30.2 Å². The summed E-state index contributed by atoms with van der Waals surface area (Å²) < 4.78 is 1.73. The molecule has 3 nitrogen and oxygen atoms in total. The molecular weight excluding hydrogens is 294 g/mol. The normalized spacial score (nSPS) is 16.2. The first-order chi connectivity index (χ1) is 10.8. The van der Waals surface area contributed by atoms with Gasteiger partial charge in [-0.15, -0.1) is 0 Å². The molecule has 2 heterocycles. The van der Waals surface area contributed by atoms with Gasteiger partial charge in [0.2, 0.25) is 0 Å². The van der Waals surface area contributed by atoms with Gasteiger partial charge < -0.3 is 0 Å². The van der Waals surface area contributed by atoms with Gasteiger partial charge in [-0.2, -0.15) is 5.10 Å². The zero-order chi connectivity index (χ0) is 14.9. The largest absolute Gasteiger partial charge is 0.227 e. The van der Waals surface area contributed by atoms with Crippen molar-refractivity contribution in [2.24, 2.45) is 0 Å². The molecule has 1 aliphatic rings. The van der Waals surface area contributed by atoms with Gasteiger partial charge in [0, 0.05) is 5.56 Å². The van der Waals surface area contributed by atoms with E-state index in [2.05, 4.69) is 34.3 Å². The number of nitrogens with zero attached hydrogens (tertiary/aromatic N) is 3. The van der Waals surface area contributed by atoms with E-state index in [4.69, 9.17) is 11.6 Å². The Morgan fingerprint density at radius 3 is 2.50 bits per heavy atom.